The summed E-state index contributed by atoms with van der Waals surface area (Å²) in [6, 6.07) is 1.61. The molecule has 1 fully saturated rings. The van der Waals surface area contributed by atoms with Crippen LogP contribution in [0.1, 0.15) is 12.8 Å². The Morgan fingerprint density at radius 3 is 3.06 bits per heavy atom. The average Bonchev–Trinajstić information content (AvgIpc) is 2.34. The van der Waals surface area contributed by atoms with Crippen molar-refractivity contribution in [1.82, 2.24) is 9.88 Å². The lowest BCUT2D eigenvalue weighted by atomic mass is 10.1. The van der Waals surface area contributed by atoms with Crippen LogP contribution < -0.4 is 5.32 Å². The summed E-state index contributed by atoms with van der Waals surface area (Å²) < 4.78 is 0. The Balaban J connectivity index is 2.10. The number of rotatable bonds is 3. The lowest BCUT2D eigenvalue weighted by molar-refractivity contribution is -0.384. The van der Waals surface area contributed by atoms with Crippen molar-refractivity contribution in [2.24, 2.45) is 0 Å². The van der Waals surface area contributed by atoms with Crippen LogP contribution in [0, 0.1) is 10.1 Å². The lowest BCUT2D eigenvalue weighted by Gasteiger charge is -2.30. The Labute approximate surface area is 104 Å². The van der Waals surface area contributed by atoms with Crippen molar-refractivity contribution in [2.45, 2.75) is 18.9 Å². The predicted molar refractivity (Wildman–Crippen MR) is 65.2 cm³/mol. The van der Waals surface area contributed by atoms with E-state index in [0.717, 1.165) is 0 Å². The molecular weight excluding hydrogens is 236 g/mol. The van der Waals surface area contributed by atoms with Gasteiger partial charge in [-0.3, -0.25) is 19.9 Å². The molecule has 0 saturated carbocycles. The molecule has 18 heavy (non-hydrogen) atoms. The summed E-state index contributed by atoms with van der Waals surface area (Å²) in [5.41, 5.74) is 0.403. The minimum Gasteiger partial charge on any atom is -0.375 e. The Hall–Kier alpha value is -2.18. The summed E-state index contributed by atoms with van der Waals surface area (Å²) in [5.74, 6) is 0.109. The van der Waals surface area contributed by atoms with Crippen LogP contribution in [0.2, 0.25) is 0 Å². The van der Waals surface area contributed by atoms with Gasteiger partial charge in [-0.05, 0) is 12.5 Å². The van der Waals surface area contributed by atoms with Gasteiger partial charge in [0.2, 0.25) is 5.91 Å². The first-order chi connectivity index (χ1) is 8.58. The summed E-state index contributed by atoms with van der Waals surface area (Å²) in [4.78, 5) is 27.1. The largest absolute Gasteiger partial charge is 0.375 e. The van der Waals surface area contributed by atoms with Crippen LogP contribution in [0.15, 0.2) is 18.5 Å². The van der Waals surface area contributed by atoms with E-state index in [9.17, 15) is 14.9 Å². The van der Waals surface area contributed by atoms with E-state index in [2.05, 4.69) is 10.3 Å². The van der Waals surface area contributed by atoms with E-state index in [-0.39, 0.29) is 17.6 Å². The van der Waals surface area contributed by atoms with Gasteiger partial charge >= 0.3 is 5.69 Å². The second-order valence-electron chi connectivity index (χ2n) is 4.30. The zero-order chi connectivity index (χ0) is 13.1. The molecule has 0 bridgehead atoms. The van der Waals surface area contributed by atoms with E-state index in [0.29, 0.717) is 25.1 Å². The van der Waals surface area contributed by atoms with E-state index in [1.807, 2.05) is 0 Å². The van der Waals surface area contributed by atoms with Crippen LogP contribution in [-0.4, -0.2) is 40.3 Å². The first-order valence-electron chi connectivity index (χ1n) is 5.67. The van der Waals surface area contributed by atoms with E-state index >= 15 is 0 Å². The molecule has 2 rings (SSSR count). The number of nitrogens with zero attached hydrogens (tertiary/aromatic N) is 3. The number of hydrogen-bond donors (Lipinski definition) is 1. The molecular formula is C11H14N4O3. The highest BCUT2D eigenvalue weighted by Crippen LogP contribution is 2.24. The zero-order valence-electron chi connectivity index (χ0n) is 10.00. The fourth-order valence-electron chi connectivity index (χ4n) is 2.00. The number of piperidine rings is 1. The van der Waals surface area contributed by atoms with Gasteiger partial charge in [-0.1, -0.05) is 0 Å². The van der Waals surface area contributed by atoms with Gasteiger partial charge in [0.05, 0.1) is 4.92 Å². The molecule has 7 nitrogen and oxygen atoms in total. The van der Waals surface area contributed by atoms with Crippen LogP contribution in [0.4, 0.5) is 11.4 Å². The van der Waals surface area contributed by atoms with Gasteiger partial charge in [-0.15, -0.1) is 0 Å². The van der Waals surface area contributed by atoms with Gasteiger partial charge < -0.3 is 10.2 Å². The summed E-state index contributed by atoms with van der Waals surface area (Å²) in [6.07, 6.45) is 3.88. The second-order valence-corrected chi connectivity index (χ2v) is 4.30. The summed E-state index contributed by atoms with van der Waals surface area (Å²) in [7, 11) is 1.73. The van der Waals surface area contributed by atoms with Crippen LogP contribution in [0.25, 0.3) is 0 Å². The number of carbonyl (C=O) groups is 1. The standard InChI is InChI=1S/C11H14N4O3/c1-14-7-8(2-3-11(14)16)13-9-4-5-12-6-10(9)15(17)18/h4-6,8H,2-3,7H2,1H3,(H,12,13). The summed E-state index contributed by atoms with van der Waals surface area (Å²) >= 11 is 0. The monoisotopic (exact) mass is 250 g/mol. The molecule has 1 aliphatic heterocycles. The van der Waals surface area contributed by atoms with Crippen molar-refractivity contribution in [3.8, 4) is 0 Å². The average molecular weight is 250 g/mol. The fourth-order valence-corrected chi connectivity index (χ4v) is 2.00. The lowest BCUT2D eigenvalue weighted by Crippen LogP contribution is -2.43. The number of pyridine rings is 1. The van der Waals surface area contributed by atoms with Gasteiger partial charge in [-0.2, -0.15) is 0 Å². The molecule has 1 N–H and O–H groups in total. The molecule has 1 unspecified atom stereocenters. The quantitative estimate of drug-likeness (QED) is 0.639. The first-order valence-corrected chi connectivity index (χ1v) is 5.67. The van der Waals surface area contributed by atoms with Gasteiger partial charge in [-0.25, -0.2) is 0 Å². The molecule has 0 spiro atoms. The van der Waals surface area contributed by atoms with Gasteiger partial charge in [0, 0.05) is 32.3 Å². The Kier molecular flexibility index (Phi) is 3.40. The molecule has 1 atom stereocenters. The fraction of sp³-hybridized carbons (Fsp3) is 0.455. The van der Waals surface area contributed by atoms with E-state index in [1.54, 1.807) is 18.0 Å². The van der Waals surface area contributed by atoms with Crippen molar-refractivity contribution in [3.05, 3.63) is 28.6 Å². The smallest absolute Gasteiger partial charge is 0.310 e. The van der Waals surface area contributed by atoms with Crippen molar-refractivity contribution < 1.29 is 9.72 Å². The maximum atomic E-state index is 11.3. The molecule has 1 amide bonds. The van der Waals surface area contributed by atoms with Crippen molar-refractivity contribution in [2.75, 3.05) is 18.9 Å². The third-order valence-electron chi connectivity index (χ3n) is 2.98. The topological polar surface area (TPSA) is 88.4 Å². The van der Waals surface area contributed by atoms with Crippen molar-refractivity contribution in [3.63, 3.8) is 0 Å². The summed E-state index contributed by atoms with van der Waals surface area (Å²) in [5, 5.41) is 13.9. The van der Waals surface area contributed by atoms with Gasteiger partial charge in [0.1, 0.15) is 11.9 Å². The Bertz CT molecular complexity index is 477. The highest BCUT2D eigenvalue weighted by Gasteiger charge is 2.24. The van der Waals surface area contributed by atoms with Crippen LogP contribution in [0.5, 0.6) is 0 Å². The highest BCUT2D eigenvalue weighted by molar-refractivity contribution is 5.77. The number of likely N-dealkylation sites (tertiary alicyclic amines) is 1. The molecule has 1 aliphatic rings. The number of amides is 1. The highest BCUT2D eigenvalue weighted by atomic mass is 16.6. The number of nitrogens with one attached hydrogen (secondary N) is 1. The maximum absolute atomic E-state index is 11.3. The number of likely N-dealkylation sites (N-methyl/N-ethyl adjacent to an activating group) is 1. The molecule has 1 saturated heterocycles. The molecule has 0 aromatic carbocycles. The molecule has 1 aromatic heterocycles. The second kappa shape index (κ2) is 4.99. The number of hydrogen-bond acceptors (Lipinski definition) is 5. The Morgan fingerprint density at radius 1 is 1.61 bits per heavy atom. The Morgan fingerprint density at radius 2 is 2.39 bits per heavy atom. The molecule has 2 heterocycles. The minimum atomic E-state index is -0.465. The predicted octanol–water partition coefficient (Wildman–Crippen LogP) is 1.02. The van der Waals surface area contributed by atoms with Crippen molar-refractivity contribution >= 4 is 17.3 Å². The van der Waals surface area contributed by atoms with Gasteiger partial charge in [0.25, 0.3) is 0 Å². The number of aromatic nitrogens is 1. The van der Waals surface area contributed by atoms with E-state index < -0.39 is 4.92 Å². The molecule has 96 valence electrons. The first kappa shape index (κ1) is 12.3. The SMILES string of the molecule is CN1CC(Nc2ccncc2[N+](=O)[O-])CCC1=O. The normalized spacial score (nSPS) is 19.7. The molecule has 1 aromatic rings. The van der Waals surface area contributed by atoms with Crippen molar-refractivity contribution in [1.29, 1.82) is 0 Å². The third kappa shape index (κ3) is 2.55. The van der Waals surface area contributed by atoms with E-state index in [4.69, 9.17) is 0 Å². The summed E-state index contributed by atoms with van der Waals surface area (Å²) in [6.45, 7) is 0.554. The van der Waals surface area contributed by atoms with Crippen LogP contribution in [-0.2, 0) is 4.79 Å². The molecule has 0 aliphatic carbocycles. The maximum Gasteiger partial charge on any atom is 0.310 e. The van der Waals surface area contributed by atoms with E-state index in [1.165, 1.54) is 12.4 Å². The van der Waals surface area contributed by atoms with Crippen LogP contribution >= 0.6 is 0 Å². The molecule has 0 radical (unpaired) electrons. The number of nitro groups is 1. The third-order valence-corrected chi connectivity index (χ3v) is 2.98. The zero-order valence-corrected chi connectivity index (χ0v) is 10.00. The van der Waals surface area contributed by atoms with Gasteiger partial charge in [0.15, 0.2) is 0 Å². The minimum absolute atomic E-state index is 0.0359. The van der Waals surface area contributed by atoms with Crippen LogP contribution in [0.3, 0.4) is 0 Å². The number of carbonyl (C=O) groups excluding carboxylic acids is 1. The molecule has 7 heteroatoms. The number of anilines is 1.